The Balaban J connectivity index is 1.70. The Labute approximate surface area is 123 Å². The van der Waals surface area contributed by atoms with Gasteiger partial charge in [0.15, 0.2) is 0 Å². The standard InChI is InChI=1S/C17H28N2O/c1-3-19(14-16-7-5-9-18-13-16)10-11-20-17-8-4-6-15(2)12-17/h4,6,8,12,16,18H,3,5,7,9-11,13-14H2,1-2H3. The van der Waals surface area contributed by atoms with E-state index < -0.39 is 0 Å². The molecule has 1 fully saturated rings. The first-order chi connectivity index (χ1) is 9.78. The zero-order chi connectivity index (χ0) is 14.2. The highest BCUT2D eigenvalue weighted by Crippen LogP contribution is 2.13. The van der Waals surface area contributed by atoms with Crippen molar-refractivity contribution in [3.8, 4) is 5.75 Å². The lowest BCUT2D eigenvalue weighted by Crippen LogP contribution is -2.39. The third kappa shape index (κ3) is 5.14. The second kappa shape index (κ2) is 8.28. The van der Waals surface area contributed by atoms with Crippen LogP contribution in [0.3, 0.4) is 0 Å². The van der Waals surface area contributed by atoms with E-state index in [1.54, 1.807) is 0 Å². The molecule has 0 spiro atoms. The van der Waals surface area contributed by atoms with Crippen molar-refractivity contribution in [1.82, 2.24) is 10.2 Å². The predicted molar refractivity (Wildman–Crippen MR) is 84.4 cm³/mol. The highest BCUT2D eigenvalue weighted by atomic mass is 16.5. The van der Waals surface area contributed by atoms with Gasteiger partial charge in [0.2, 0.25) is 0 Å². The van der Waals surface area contributed by atoms with Crippen molar-refractivity contribution in [2.24, 2.45) is 5.92 Å². The van der Waals surface area contributed by atoms with Crippen LogP contribution in [-0.4, -0.2) is 44.2 Å². The van der Waals surface area contributed by atoms with Crippen LogP contribution in [0.4, 0.5) is 0 Å². The molecule has 1 atom stereocenters. The summed E-state index contributed by atoms with van der Waals surface area (Å²) in [6.45, 7) is 10.8. The van der Waals surface area contributed by atoms with Crippen molar-refractivity contribution in [1.29, 1.82) is 0 Å². The van der Waals surface area contributed by atoms with Gasteiger partial charge >= 0.3 is 0 Å². The number of benzene rings is 1. The third-order valence-corrected chi connectivity index (χ3v) is 4.03. The van der Waals surface area contributed by atoms with Gasteiger partial charge in [-0.25, -0.2) is 0 Å². The number of piperidine rings is 1. The van der Waals surface area contributed by atoms with Crippen molar-refractivity contribution in [2.45, 2.75) is 26.7 Å². The molecule has 1 aromatic rings. The number of ether oxygens (including phenoxy) is 1. The zero-order valence-corrected chi connectivity index (χ0v) is 12.9. The summed E-state index contributed by atoms with van der Waals surface area (Å²) in [5.41, 5.74) is 1.25. The van der Waals surface area contributed by atoms with Crippen LogP contribution < -0.4 is 10.1 Å². The molecule has 1 aliphatic heterocycles. The number of nitrogens with zero attached hydrogens (tertiary/aromatic N) is 1. The van der Waals surface area contributed by atoms with E-state index in [1.165, 1.54) is 38.0 Å². The molecule has 3 heteroatoms. The number of aryl methyl sites for hydroxylation is 1. The Kier molecular flexibility index (Phi) is 6.34. The number of hydrogen-bond donors (Lipinski definition) is 1. The van der Waals surface area contributed by atoms with Gasteiger partial charge < -0.3 is 10.1 Å². The molecule has 1 aromatic carbocycles. The smallest absolute Gasteiger partial charge is 0.119 e. The SMILES string of the molecule is CCN(CCOc1cccc(C)c1)CC1CCCNC1. The lowest BCUT2D eigenvalue weighted by atomic mass is 9.99. The maximum Gasteiger partial charge on any atom is 0.119 e. The van der Waals surface area contributed by atoms with E-state index in [4.69, 9.17) is 4.74 Å². The summed E-state index contributed by atoms with van der Waals surface area (Å²) in [6.07, 6.45) is 2.68. The molecule has 20 heavy (non-hydrogen) atoms. The van der Waals surface area contributed by atoms with Crippen molar-refractivity contribution in [3.05, 3.63) is 29.8 Å². The van der Waals surface area contributed by atoms with Crippen LogP contribution in [0.15, 0.2) is 24.3 Å². The summed E-state index contributed by atoms with van der Waals surface area (Å²) in [5, 5.41) is 3.49. The van der Waals surface area contributed by atoms with Crippen LogP contribution in [0, 0.1) is 12.8 Å². The fraction of sp³-hybridized carbons (Fsp3) is 0.647. The zero-order valence-electron chi connectivity index (χ0n) is 12.9. The Bertz CT molecular complexity index is 388. The van der Waals surface area contributed by atoms with Gasteiger partial charge in [0.05, 0.1) is 0 Å². The van der Waals surface area contributed by atoms with E-state index in [1.807, 2.05) is 6.07 Å². The minimum Gasteiger partial charge on any atom is -0.492 e. The molecular formula is C17H28N2O. The Morgan fingerprint density at radius 1 is 1.40 bits per heavy atom. The molecule has 0 radical (unpaired) electrons. The molecule has 1 aliphatic rings. The van der Waals surface area contributed by atoms with Gasteiger partial charge in [-0.05, 0) is 63.0 Å². The van der Waals surface area contributed by atoms with Crippen molar-refractivity contribution < 1.29 is 4.74 Å². The molecule has 0 aromatic heterocycles. The van der Waals surface area contributed by atoms with Crippen LogP contribution in [-0.2, 0) is 0 Å². The molecule has 0 amide bonds. The lowest BCUT2D eigenvalue weighted by Gasteiger charge is -2.29. The first-order valence-corrected chi connectivity index (χ1v) is 7.90. The molecule has 2 rings (SSSR count). The van der Waals surface area contributed by atoms with Gasteiger partial charge in [0.1, 0.15) is 12.4 Å². The van der Waals surface area contributed by atoms with Gasteiger partial charge in [-0.15, -0.1) is 0 Å². The van der Waals surface area contributed by atoms with Crippen molar-refractivity contribution in [2.75, 3.05) is 39.3 Å². The quantitative estimate of drug-likeness (QED) is 0.828. The maximum absolute atomic E-state index is 5.85. The van der Waals surface area contributed by atoms with E-state index in [0.717, 1.165) is 31.4 Å². The second-order valence-electron chi connectivity index (χ2n) is 5.77. The third-order valence-electron chi connectivity index (χ3n) is 4.03. The molecule has 0 bridgehead atoms. The highest BCUT2D eigenvalue weighted by molar-refractivity contribution is 5.27. The van der Waals surface area contributed by atoms with Gasteiger partial charge in [0.25, 0.3) is 0 Å². The largest absolute Gasteiger partial charge is 0.492 e. The molecule has 1 heterocycles. The fourth-order valence-corrected chi connectivity index (χ4v) is 2.82. The summed E-state index contributed by atoms with van der Waals surface area (Å²) in [6, 6.07) is 8.28. The molecule has 1 saturated heterocycles. The van der Waals surface area contributed by atoms with Gasteiger partial charge in [-0.2, -0.15) is 0 Å². The monoisotopic (exact) mass is 276 g/mol. The molecular weight excluding hydrogens is 248 g/mol. The van der Waals surface area contributed by atoms with Crippen molar-refractivity contribution >= 4 is 0 Å². The van der Waals surface area contributed by atoms with Crippen LogP contribution in [0.2, 0.25) is 0 Å². The number of hydrogen-bond acceptors (Lipinski definition) is 3. The topological polar surface area (TPSA) is 24.5 Å². The fourth-order valence-electron chi connectivity index (χ4n) is 2.82. The molecule has 3 nitrogen and oxygen atoms in total. The highest BCUT2D eigenvalue weighted by Gasteiger charge is 2.15. The van der Waals surface area contributed by atoms with Crippen LogP contribution in [0.5, 0.6) is 5.75 Å². The first-order valence-electron chi connectivity index (χ1n) is 7.90. The van der Waals surface area contributed by atoms with Crippen LogP contribution in [0.25, 0.3) is 0 Å². The Morgan fingerprint density at radius 2 is 2.30 bits per heavy atom. The van der Waals surface area contributed by atoms with Gasteiger partial charge in [-0.3, -0.25) is 4.90 Å². The molecule has 1 N–H and O–H groups in total. The Hall–Kier alpha value is -1.06. The second-order valence-corrected chi connectivity index (χ2v) is 5.77. The summed E-state index contributed by atoms with van der Waals surface area (Å²) in [4.78, 5) is 2.51. The number of rotatable bonds is 7. The average molecular weight is 276 g/mol. The van der Waals surface area contributed by atoms with Crippen LogP contribution in [0.1, 0.15) is 25.3 Å². The van der Waals surface area contributed by atoms with Gasteiger partial charge in [0, 0.05) is 13.1 Å². The minimum absolute atomic E-state index is 0.775. The van der Waals surface area contributed by atoms with E-state index in [9.17, 15) is 0 Å². The number of nitrogens with one attached hydrogen (secondary N) is 1. The molecule has 112 valence electrons. The predicted octanol–water partition coefficient (Wildman–Crippen LogP) is 2.70. The van der Waals surface area contributed by atoms with Crippen LogP contribution >= 0.6 is 0 Å². The van der Waals surface area contributed by atoms with Gasteiger partial charge in [-0.1, -0.05) is 19.1 Å². The summed E-state index contributed by atoms with van der Waals surface area (Å²) in [5.74, 6) is 1.79. The maximum atomic E-state index is 5.85. The molecule has 0 saturated carbocycles. The number of likely N-dealkylation sites (N-methyl/N-ethyl adjacent to an activating group) is 1. The first kappa shape index (κ1) is 15.3. The van der Waals surface area contributed by atoms with Crippen molar-refractivity contribution in [3.63, 3.8) is 0 Å². The van der Waals surface area contributed by atoms with E-state index in [-0.39, 0.29) is 0 Å². The average Bonchev–Trinajstić information content (AvgIpc) is 2.47. The summed E-state index contributed by atoms with van der Waals surface area (Å²) in [7, 11) is 0. The van der Waals surface area contributed by atoms with E-state index in [2.05, 4.69) is 42.3 Å². The Morgan fingerprint density at radius 3 is 3.00 bits per heavy atom. The van der Waals surface area contributed by atoms with E-state index >= 15 is 0 Å². The summed E-state index contributed by atoms with van der Waals surface area (Å²) < 4.78 is 5.85. The van der Waals surface area contributed by atoms with E-state index in [0.29, 0.717) is 0 Å². The molecule has 1 unspecified atom stereocenters. The molecule has 0 aliphatic carbocycles. The summed E-state index contributed by atoms with van der Waals surface area (Å²) >= 11 is 0. The lowest BCUT2D eigenvalue weighted by molar-refractivity contribution is 0.179. The normalized spacial score (nSPS) is 19.2. The minimum atomic E-state index is 0.775.